The third-order valence-corrected chi connectivity index (χ3v) is 7.47. The number of nitrogens with one attached hydrogen (secondary N) is 2. The number of likely N-dealkylation sites (tertiary alicyclic amines) is 1. The molecule has 0 spiro atoms. The lowest BCUT2D eigenvalue weighted by atomic mass is 9.88. The van der Waals surface area contributed by atoms with E-state index in [1.807, 2.05) is 6.92 Å². The van der Waals surface area contributed by atoms with Gasteiger partial charge in [0.2, 0.25) is 0 Å². The van der Waals surface area contributed by atoms with E-state index in [9.17, 15) is 0 Å². The van der Waals surface area contributed by atoms with Gasteiger partial charge in [0, 0.05) is 32.2 Å². The maximum absolute atomic E-state index is 15.3. The largest absolute Gasteiger partial charge is 0.480 e. The number of piperidine rings is 1. The fraction of sp³-hybridized carbons (Fsp3) is 0.583. The van der Waals surface area contributed by atoms with Crippen molar-refractivity contribution in [2.24, 2.45) is 0 Å². The second-order valence-electron chi connectivity index (χ2n) is 9.45. The zero-order valence-electron chi connectivity index (χ0n) is 19.0. The molecule has 1 aromatic heterocycles. The van der Waals surface area contributed by atoms with Gasteiger partial charge in [-0.1, -0.05) is 0 Å². The lowest BCUT2D eigenvalue weighted by molar-refractivity contribution is 0.113. The molecule has 4 aliphatic rings. The molecule has 4 aliphatic heterocycles. The molecule has 2 aromatic rings. The van der Waals surface area contributed by atoms with E-state index < -0.39 is 0 Å². The molecule has 8 nitrogen and oxygen atoms in total. The molecule has 0 unspecified atom stereocenters. The second kappa shape index (κ2) is 8.70. The van der Waals surface area contributed by atoms with Crippen molar-refractivity contribution in [3.8, 4) is 5.75 Å². The number of halogens is 1. The van der Waals surface area contributed by atoms with Crippen molar-refractivity contribution in [2.45, 2.75) is 37.8 Å². The first-order valence-electron chi connectivity index (χ1n) is 12.1. The second-order valence-corrected chi connectivity index (χ2v) is 9.45. The fourth-order valence-electron chi connectivity index (χ4n) is 5.44. The summed E-state index contributed by atoms with van der Waals surface area (Å²) in [6.07, 6.45) is 3.28. The molecule has 9 heteroatoms. The highest BCUT2D eigenvalue weighted by molar-refractivity contribution is 5.73. The van der Waals surface area contributed by atoms with Gasteiger partial charge >= 0.3 is 0 Å². The summed E-state index contributed by atoms with van der Waals surface area (Å²) in [5.74, 6) is 1.80. The summed E-state index contributed by atoms with van der Waals surface area (Å²) in [6.45, 7) is 9.09. The molecule has 6 rings (SSSR count). The Hall–Kier alpha value is -2.49. The molecule has 0 saturated carbocycles. The lowest BCUT2D eigenvalue weighted by Gasteiger charge is -2.42. The van der Waals surface area contributed by atoms with Crippen LogP contribution in [0.2, 0.25) is 0 Å². The smallest absolute Gasteiger partial charge is 0.179 e. The Morgan fingerprint density at radius 2 is 1.85 bits per heavy atom. The number of anilines is 3. The summed E-state index contributed by atoms with van der Waals surface area (Å²) in [7, 11) is 0. The highest BCUT2D eigenvalue weighted by Crippen LogP contribution is 2.44. The van der Waals surface area contributed by atoms with Crippen molar-refractivity contribution < 1.29 is 13.9 Å². The molecule has 0 bridgehead atoms. The average molecular weight is 455 g/mol. The van der Waals surface area contributed by atoms with Gasteiger partial charge in [-0.15, -0.1) is 0 Å². The number of nitrogens with zero attached hydrogens (tertiary/aromatic N) is 4. The highest BCUT2D eigenvalue weighted by atomic mass is 19.1. The van der Waals surface area contributed by atoms with E-state index in [1.165, 1.54) is 0 Å². The monoisotopic (exact) mass is 454 g/mol. The van der Waals surface area contributed by atoms with E-state index in [1.54, 1.807) is 12.4 Å². The third kappa shape index (κ3) is 3.92. The number of hydrogen-bond donors (Lipinski definition) is 2. The number of aromatic nitrogens is 2. The molecule has 5 heterocycles. The summed E-state index contributed by atoms with van der Waals surface area (Å²) in [6, 6.07) is 4.40. The molecule has 0 radical (unpaired) electrons. The van der Waals surface area contributed by atoms with Crippen LogP contribution in [-0.2, 0) is 4.74 Å². The van der Waals surface area contributed by atoms with Crippen LogP contribution in [-0.4, -0.2) is 73.4 Å². The van der Waals surface area contributed by atoms with E-state index in [0.29, 0.717) is 36.7 Å². The van der Waals surface area contributed by atoms with Crippen molar-refractivity contribution >= 4 is 17.3 Å². The summed E-state index contributed by atoms with van der Waals surface area (Å²) < 4.78 is 27.0. The van der Waals surface area contributed by atoms with Gasteiger partial charge in [0.15, 0.2) is 11.6 Å². The van der Waals surface area contributed by atoms with E-state index >= 15 is 4.39 Å². The van der Waals surface area contributed by atoms with Gasteiger partial charge in [0.1, 0.15) is 24.1 Å². The van der Waals surface area contributed by atoms with Crippen LogP contribution >= 0.6 is 0 Å². The van der Waals surface area contributed by atoms with E-state index in [0.717, 1.165) is 69.1 Å². The molecular weight excluding hydrogens is 423 g/mol. The Kier molecular flexibility index (Phi) is 5.55. The van der Waals surface area contributed by atoms with Gasteiger partial charge < -0.3 is 25.0 Å². The van der Waals surface area contributed by atoms with Crippen LogP contribution in [0.25, 0.3) is 0 Å². The number of hydrogen-bond acceptors (Lipinski definition) is 8. The van der Waals surface area contributed by atoms with Gasteiger partial charge in [0.05, 0.1) is 24.5 Å². The number of rotatable bonds is 3. The quantitative estimate of drug-likeness (QED) is 0.734. The Labute approximate surface area is 193 Å². The minimum atomic E-state index is -0.382. The van der Waals surface area contributed by atoms with Crippen LogP contribution in [0.15, 0.2) is 18.5 Å². The molecule has 0 amide bonds. The van der Waals surface area contributed by atoms with Crippen LogP contribution in [0, 0.1) is 5.82 Å². The molecular formula is C24H31FN6O2. The van der Waals surface area contributed by atoms with E-state index in [2.05, 4.69) is 36.5 Å². The first kappa shape index (κ1) is 21.1. The summed E-state index contributed by atoms with van der Waals surface area (Å²) in [4.78, 5) is 13.8. The van der Waals surface area contributed by atoms with Crippen molar-refractivity contribution in [1.82, 2.24) is 20.2 Å². The Balaban J connectivity index is 1.28. The van der Waals surface area contributed by atoms with Gasteiger partial charge in [-0.05, 0) is 56.5 Å². The standard InChI is InChI=1S/C24H31FN6O2/c1-15-21-23(27-14-28-24(21)31-6-8-32-9-7-31)29-20-11-17(10-19(25)22(20)33-15)16-2-4-30(5-3-16)18-12-26-13-18/h10-11,14-16,18,26H,2-9,12-13H2,1H3,(H,27,28,29)/t15-/m1/s1. The van der Waals surface area contributed by atoms with E-state index in [4.69, 9.17) is 9.47 Å². The number of morpholine rings is 1. The Bertz CT molecular complexity index is 1020. The van der Waals surface area contributed by atoms with Crippen LogP contribution < -0.4 is 20.3 Å². The van der Waals surface area contributed by atoms with Gasteiger partial charge in [-0.25, -0.2) is 14.4 Å². The Morgan fingerprint density at radius 1 is 1.06 bits per heavy atom. The minimum Gasteiger partial charge on any atom is -0.480 e. The maximum Gasteiger partial charge on any atom is 0.179 e. The summed E-state index contributed by atoms with van der Waals surface area (Å²) in [5.41, 5.74) is 2.54. The van der Waals surface area contributed by atoms with Crippen molar-refractivity contribution in [3.05, 3.63) is 35.4 Å². The topological polar surface area (TPSA) is 74.8 Å². The van der Waals surface area contributed by atoms with Crippen molar-refractivity contribution in [2.75, 3.05) is 62.7 Å². The normalized spacial score (nSPS) is 24.2. The van der Waals surface area contributed by atoms with Gasteiger partial charge in [0.25, 0.3) is 0 Å². The summed E-state index contributed by atoms with van der Waals surface area (Å²) in [5, 5.41) is 6.74. The molecule has 1 aromatic carbocycles. The number of fused-ring (bicyclic) bond motifs is 2. The van der Waals surface area contributed by atoms with Gasteiger partial charge in [-0.3, -0.25) is 4.90 Å². The van der Waals surface area contributed by atoms with Crippen molar-refractivity contribution in [3.63, 3.8) is 0 Å². The molecule has 33 heavy (non-hydrogen) atoms. The van der Waals surface area contributed by atoms with Crippen LogP contribution in [0.5, 0.6) is 5.75 Å². The summed E-state index contributed by atoms with van der Waals surface area (Å²) >= 11 is 0. The number of benzene rings is 1. The minimum absolute atomic E-state index is 0.259. The highest BCUT2D eigenvalue weighted by Gasteiger charge is 2.32. The third-order valence-electron chi connectivity index (χ3n) is 7.47. The van der Waals surface area contributed by atoms with Gasteiger partial charge in [-0.2, -0.15) is 0 Å². The zero-order chi connectivity index (χ0) is 22.4. The van der Waals surface area contributed by atoms with E-state index in [-0.39, 0.29) is 17.7 Å². The Morgan fingerprint density at radius 3 is 2.58 bits per heavy atom. The maximum atomic E-state index is 15.3. The molecule has 3 fully saturated rings. The van der Waals surface area contributed by atoms with Crippen molar-refractivity contribution in [1.29, 1.82) is 0 Å². The van der Waals surface area contributed by atoms with Crippen LogP contribution in [0.3, 0.4) is 0 Å². The predicted octanol–water partition coefficient (Wildman–Crippen LogP) is 2.80. The first-order valence-corrected chi connectivity index (χ1v) is 12.1. The fourth-order valence-corrected chi connectivity index (χ4v) is 5.44. The molecule has 176 valence electrons. The van der Waals surface area contributed by atoms with Crippen LogP contribution in [0.4, 0.5) is 21.7 Å². The lowest BCUT2D eigenvalue weighted by Crippen LogP contribution is -2.58. The SMILES string of the molecule is C[C@H]1Oc2c(F)cc(C3CCN(C4CNC4)CC3)cc2Nc2ncnc(N3CCOCC3)c21. The zero-order valence-corrected chi connectivity index (χ0v) is 19.0. The molecule has 2 N–H and O–H groups in total. The predicted molar refractivity (Wildman–Crippen MR) is 124 cm³/mol. The molecule has 0 aliphatic carbocycles. The number of ether oxygens (including phenoxy) is 2. The molecule has 3 saturated heterocycles. The first-order chi connectivity index (χ1) is 16.2. The average Bonchev–Trinajstić information content (AvgIpc) is 2.95. The van der Waals surface area contributed by atoms with Crippen LogP contribution in [0.1, 0.15) is 42.9 Å². The molecule has 1 atom stereocenters.